The third-order valence-electron chi connectivity index (χ3n) is 4.51. The first-order valence-corrected chi connectivity index (χ1v) is 9.70. The van der Waals surface area contributed by atoms with E-state index in [9.17, 15) is 4.79 Å². The van der Waals surface area contributed by atoms with Crippen molar-refractivity contribution >= 4 is 17.5 Å². The minimum atomic E-state index is 0.0225. The Hall–Kier alpha value is -2.63. The zero-order chi connectivity index (χ0) is 19.9. The molecule has 2 aromatic carbocycles. The van der Waals surface area contributed by atoms with Crippen LogP contribution >= 0.6 is 11.6 Å². The number of halogens is 1. The Bertz CT molecular complexity index is 904. The third kappa shape index (κ3) is 4.80. The van der Waals surface area contributed by atoms with Gasteiger partial charge in [0, 0.05) is 36.3 Å². The van der Waals surface area contributed by atoms with E-state index in [0.29, 0.717) is 30.3 Å². The van der Waals surface area contributed by atoms with Crippen LogP contribution in [0.5, 0.6) is 0 Å². The lowest BCUT2D eigenvalue weighted by Crippen LogP contribution is -2.34. The lowest BCUT2D eigenvalue weighted by Gasteiger charge is -2.21. The number of ether oxygens (including phenoxy) is 1. The molecule has 1 N–H and O–H groups in total. The van der Waals surface area contributed by atoms with Crippen molar-refractivity contribution < 1.29 is 9.53 Å². The van der Waals surface area contributed by atoms with E-state index in [1.165, 1.54) is 0 Å². The molecule has 5 nitrogen and oxygen atoms in total. The number of benzene rings is 2. The van der Waals surface area contributed by atoms with Crippen LogP contribution in [0.4, 0.5) is 0 Å². The molecule has 1 heterocycles. The third-order valence-corrected chi connectivity index (χ3v) is 4.76. The summed E-state index contributed by atoms with van der Waals surface area (Å²) in [5.41, 5.74) is 4.38. The normalized spacial score (nSPS) is 10.8. The minimum absolute atomic E-state index is 0.0225. The Labute approximate surface area is 170 Å². The van der Waals surface area contributed by atoms with Gasteiger partial charge >= 0.3 is 0 Å². The monoisotopic (exact) mass is 397 g/mol. The molecule has 28 heavy (non-hydrogen) atoms. The number of carbonyl (C=O) groups excluding carboxylic acids is 1. The number of hydrogen-bond acceptors (Lipinski definition) is 3. The van der Waals surface area contributed by atoms with E-state index in [1.54, 1.807) is 7.11 Å². The fourth-order valence-corrected chi connectivity index (χ4v) is 3.13. The summed E-state index contributed by atoms with van der Waals surface area (Å²) >= 11 is 5.95. The fourth-order valence-electron chi connectivity index (χ4n) is 3.00. The summed E-state index contributed by atoms with van der Waals surface area (Å²) in [5.74, 6) is 0.0225. The van der Waals surface area contributed by atoms with Crippen LogP contribution in [0.1, 0.15) is 23.7 Å². The molecule has 0 saturated carbocycles. The summed E-state index contributed by atoms with van der Waals surface area (Å²) in [6.07, 6.45) is 0.911. The quantitative estimate of drug-likeness (QED) is 0.588. The molecule has 0 bridgehead atoms. The van der Waals surface area contributed by atoms with Crippen LogP contribution in [-0.4, -0.2) is 47.8 Å². The van der Waals surface area contributed by atoms with E-state index < -0.39 is 0 Å². The number of amides is 1. The molecular weight excluding hydrogens is 374 g/mol. The lowest BCUT2D eigenvalue weighted by atomic mass is 10.1. The molecule has 3 rings (SSSR count). The molecule has 0 atom stereocenters. The van der Waals surface area contributed by atoms with E-state index in [2.05, 4.69) is 17.1 Å². The van der Waals surface area contributed by atoms with Crippen LogP contribution in [0.25, 0.3) is 22.5 Å². The van der Waals surface area contributed by atoms with Crippen LogP contribution in [0.3, 0.4) is 0 Å². The van der Waals surface area contributed by atoms with Gasteiger partial charge in [-0.15, -0.1) is 0 Å². The number of hydrogen-bond donors (Lipinski definition) is 1. The number of nitrogens with zero attached hydrogens (tertiary/aromatic N) is 2. The summed E-state index contributed by atoms with van der Waals surface area (Å²) < 4.78 is 5.11. The molecule has 1 amide bonds. The molecule has 6 heteroatoms. The summed E-state index contributed by atoms with van der Waals surface area (Å²) in [6.45, 7) is 3.90. The van der Waals surface area contributed by atoms with Crippen molar-refractivity contribution in [3.8, 4) is 22.5 Å². The second-order valence-corrected chi connectivity index (χ2v) is 6.97. The number of aromatic nitrogens is 2. The summed E-state index contributed by atoms with van der Waals surface area (Å²) in [5, 5.41) is 8.15. The van der Waals surface area contributed by atoms with Gasteiger partial charge in [-0.1, -0.05) is 42.8 Å². The number of nitrogens with one attached hydrogen (secondary N) is 1. The molecule has 0 radical (unpaired) electrons. The number of carbonyl (C=O) groups is 1. The van der Waals surface area contributed by atoms with Crippen molar-refractivity contribution in [3.63, 3.8) is 0 Å². The van der Waals surface area contributed by atoms with Crippen molar-refractivity contribution in [3.05, 3.63) is 65.2 Å². The first-order chi connectivity index (χ1) is 13.6. The van der Waals surface area contributed by atoms with Gasteiger partial charge in [0.2, 0.25) is 0 Å². The van der Waals surface area contributed by atoms with E-state index in [0.717, 1.165) is 28.9 Å². The molecule has 1 aromatic heterocycles. The van der Waals surface area contributed by atoms with Crippen LogP contribution < -0.4 is 0 Å². The van der Waals surface area contributed by atoms with Gasteiger partial charge in [0.05, 0.1) is 18.0 Å². The number of H-pyrrole nitrogens is 1. The highest BCUT2D eigenvalue weighted by molar-refractivity contribution is 6.30. The first kappa shape index (κ1) is 20.1. The molecule has 0 aliphatic rings. The van der Waals surface area contributed by atoms with Gasteiger partial charge in [0.25, 0.3) is 5.91 Å². The second-order valence-electron chi connectivity index (χ2n) is 6.54. The largest absolute Gasteiger partial charge is 0.383 e. The van der Waals surface area contributed by atoms with Gasteiger partial charge in [0.1, 0.15) is 0 Å². The van der Waals surface area contributed by atoms with Crippen LogP contribution in [0, 0.1) is 0 Å². The SMILES string of the molecule is CCCN(CCOC)C(=O)c1ccc(-c2cc(-c3ccc(Cl)cc3)[nH]n2)cc1. The maximum absolute atomic E-state index is 12.7. The predicted molar refractivity (Wildman–Crippen MR) is 113 cm³/mol. The summed E-state index contributed by atoms with van der Waals surface area (Å²) in [7, 11) is 1.64. The van der Waals surface area contributed by atoms with E-state index in [4.69, 9.17) is 16.3 Å². The number of methoxy groups -OCH3 is 1. The smallest absolute Gasteiger partial charge is 0.253 e. The second kappa shape index (κ2) is 9.53. The van der Waals surface area contributed by atoms with Gasteiger partial charge in [-0.3, -0.25) is 9.89 Å². The highest BCUT2D eigenvalue weighted by Crippen LogP contribution is 2.25. The molecule has 0 fully saturated rings. The van der Waals surface area contributed by atoms with Crippen LogP contribution in [-0.2, 0) is 4.74 Å². The Morgan fingerprint density at radius 3 is 2.39 bits per heavy atom. The molecule has 0 aliphatic heterocycles. The van der Waals surface area contributed by atoms with Crippen molar-refractivity contribution in [2.45, 2.75) is 13.3 Å². The van der Waals surface area contributed by atoms with Crippen molar-refractivity contribution in [2.75, 3.05) is 26.8 Å². The molecule has 3 aromatic rings. The van der Waals surface area contributed by atoms with E-state index >= 15 is 0 Å². The average Bonchev–Trinajstić information content (AvgIpc) is 3.21. The van der Waals surface area contributed by atoms with Gasteiger partial charge in [-0.25, -0.2) is 0 Å². The van der Waals surface area contributed by atoms with Gasteiger partial charge in [-0.2, -0.15) is 5.10 Å². The standard InChI is InChI=1S/C22H24ClN3O2/c1-3-12-26(13-14-28-2)22(27)18-6-4-16(5-7-18)20-15-21(25-24-20)17-8-10-19(23)11-9-17/h4-11,15H,3,12-14H2,1-2H3,(H,24,25). The zero-order valence-corrected chi connectivity index (χ0v) is 16.9. The highest BCUT2D eigenvalue weighted by atomic mass is 35.5. The lowest BCUT2D eigenvalue weighted by molar-refractivity contribution is 0.0695. The minimum Gasteiger partial charge on any atom is -0.383 e. The van der Waals surface area contributed by atoms with Crippen molar-refractivity contribution in [2.24, 2.45) is 0 Å². The van der Waals surface area contributed by atoms with Crippen molar-refractivity contribution in [1.82, 2.24) is 15.1 Å². The first-order valence-electron chi connectivity index (χ1n) is 9.32. The molecule has 0 aliphatic carbocycles. The van der Waals surface area contributed by atoms with Gasteiger partial charge < -0.3 is 9.64 Å². The molecule has 0 spiro atoms. The fraction of sp³-hybridized carbons (Fsp3) is 0.273. The summed E-state index contributed by atoms with van der Waals surface area (Å²) in [4.78, 5) is 14.6. The predicted octanol–water partition coefficient (Wildman–Crippen LogP) is 4.90. The maximum Gasteiger partial charge on any atom is 0.253 e. The Kier molecular flexibility index (Phi) is 6.85. The molecular formula is C22H24ClN3O2. The Morgan fingerprint density at radius 2 is 1.75 bits per heavy atom. The molecule has 0 unspecified atom stereocenters. The van der Waals surface area contributed by atoms with Crippen molar-refractivity contribution in [1.29, 1.82) is 0 Å². The van der Waals surface area contributed by atoms with Gasteiger partial charge in [0.15, 0.2) is 0 Å². The van der Waals surface area contributed by atoms with Gasteiger partial charge in [-0.05, 0) is 42.3 Å². The van der Waals surface area contributed by atoms with E-state index in [1.807, 2.05) is 59.5 Å². The zero-order valence-electron chi connectivity index (χ0n) is 16.1. The Balaban J connectivity index is 1.75. The Morgan fingerprint density at radius 1 is 1.07 bits per heavy atom. The van der Waals surface area contributed by atoms with Crippen LogP contribution in [0.2, 0.25) is 5.02 Å². The summed E-state index contributed by atoms with van der Waals surface area (Å²) in [6, 6.07) is 17.1. The highest BCUT2D eigenvalue weighted by Gasteiger charge is 2.15. The average molecular weight is 398 g/mol. The molecule has 146 valence electrons. The number of aromatic amines is 1. The topological polar surface area (TPSA) is 58.2 Å². The molecule has 0 saturated heterocycles. The maximum atomic E-state index is 12.7. The van der Waals surface area contributed by atoms with E-state index in [-0.39, 0.29) is 5.91 Å². The number of rotatable bonds is 8. The van der Waals surface area contributed by atoms with Crippen LogP contribution in [0.15, 0.2) is 54.6 Å².